The van der Waals surface area contributed by atoms with Crippen molar-refractivity contribution in [2.24, 2.45) is 0 Å². The summed E-state index contributed by atoms with van der Waals surface area (Å²) in [5, 5.41) is 18.6. The minimum Gasteiger partial charge on any atom is -0.364 e. The van der Waals surface area contributed by atoms with Crippen LogP contribution in [0.15, 0.2) is 41.1 Å². The number of hydrogen-bond acceptors (Lipinski definition) is 5. The molecule has 0 spiro atoms. The fraction of sp³-hybridized carbons (Fsp3) is 0.125. The Kier molecular flexibility index (Phi) is 3.53. The van der Waals surface area contributed by atoms with Crippen molar-refractivity contribution in [3.63, 3.8) is 0 Å². The number of aryl methyl sites for hydroxylation is 1. The van der Waals surface area contributed by atoms with Crippen LogP contribution in [0.4, 0.5) is 10.2 Å². The molecule has 25 heavy (non-hydrogen) atoms. The molecule has 0 atom stereocenters. The molecular formula is C16H13FN6O2. The maximum Gasteiger partial charge on any atom is 0.231 e. The molecule has 0 unspecified atom stereocenters. The first-order chi connectivity index (χ1) is 12.1. The highest BCUT2D eigenvalue weighted by atomic mass is 19.1. The summed E-state index contributed by atoms with van der Waals surface area (Å²) in [6.07, 6.45) is 1.50. The van der Waals surface area contributed by atoms with Gasteiger partial charge in [-0.1, -0.05) is 5.16 Å². The second kappa shape index (κ2) is 5.86. The van der Waals surface area contributed by atoms with Crippen LogP contribution in [0.2, 0.25) is 0 Å². The first kappa shape index (κ1) is 15.1. The van der Waals surface area contributed by atoms with Gasteiger partial charge < -0.3 is 9.84 Å². The van der Waals surface area contributed by atoms with Gasteiger partial charge in [-0.05, 0) is 31.2 Å². The van der Waals surface area contributed by atoms with Crippen LogP contribution < -0.4 is 5.32 Å². The molecular weight excluding hydrogens is 327 g/mol. The summed E-state index contributed by atoms with van der Waals surface area (Å²) in [4.78, 5) is 12.1. The number of carbonyl (C=O) groups is 1. The normalized spacial score (nSPS) is 11.1. The number of hydrogen-bond donors (Lipinski definition) is 2. The van der Waals surface area contributed by atoms with Gasteiger partial charge in [0.05, 0.1) is 28.9 Å². The van der Waals surface area contributed by atoms with Gasteiger partial charge in [0.1, 0.15) is 17.9 Å². The predicted octanol–water partition coefficient (Wildman–Crippen LogP) is 2.37. The lowest BCUT2D eigenvalue weighted by Crippen LogP contribution is -2.15. The monoisotopic (exact) mass is 340 g/mol. The SMILES string of the molecule is Cc1nn(-c2ccc(F)cc2)c2n[nH]c(NC(=O)Cc3ccon3)c12. The van der Waals surface area contributed by atoms with E-state index in [1.807, 2.05) is 6.92 Å². The molecule has 0 aliphatic heterocycles. The Morgan fingerprint density at radius 2 is 2.12 bits per heavy atom. The van der Waals surface area contributed by atoms with Crippen LogP contribution in [0.3, 0.4) is 0 Å². The zero-order chi connectivity index (χ0) is 17.4. The Bertz CT molecular complexity index is 1030. The van der Waals surface area contributed by atoms with E-state index in [1.54, 1.807) is 22.9 Å². The Hall–Kier alpha value is -3.49. The van der Waals surface area contributed by atoms with Crippen LogP contribution in [0.25, 0.3) is 16.7 Å². The number of rotatable bonds is 4. The lowest BCUT2D eigenvalue weighted by Gasteiger charge is -2.00. The zero-order valence-electron chi connectivity index (χ0n) is 13.2. The molecule has 2 N–H and O–H groups in total. The van der Waals surface area contributed by atoms with Crippen LogP contribution in [0.5, 0.6) is 0 Å². The molecule has 1 amide bonds. The average Bonchev–Trinajstić information content (AvgIpc) is 3.29. The standard InChI is InChI=1S/C16H13FN6O2/c1-9-14-15(18-13(24)8-11-6-7-25-22-11)19-20-16(14)23(21-9)12-4-2-10(17)3-5-12/h2-7H,8H2,1H3,(H2,18,19,20,24). The predicted molar refractivity (Wildman–Crippen MR) is 86.7 cm³/mol. The summed E-state index contributed by atoms with van der Waals surface area (Å²) in [6, 6.07) is 7.55. The van der Waals surface area contributed by atoms with Crippen molar-refractivity contribution in [3.8, 4) is 5.69 Å². The topological polar surface area (TPSA) is 102 Å². The summed E-state index contributed by atoms with van der Waals surface area (Å²) in [5.41, 5.74) is 2.43. The van der Waals surface area contributed by atoms with Gasteiger partial charge in [0, 0.05) is 6.07 Å². The molecule has 3 aromatic heterocycles. The number of nitrogens with zero attached hydrogens (tertiary/aromatic N) is 4. The second-order valence-corrected chi connectivity index (χ2v) is 5.49. The summed E-state index contributed by atoms with van der Waals surface area (Å²) >= 11 is 0. The van der Waals surface area contributed by atoms with Gasteiger partial charge in [-0.2, -0.15) is 10.2 Å². The van der Waals surface area contributed by atoms with E-state index in [0.29, 0.717) is 33.9 Å². The fourth-order valence-corrected chi connectivity index (χ4v) is 2.61. The van der Waals surface area contributed by atoms with Crippen molar-refractivity contribution in [2.75, 3.05) is 5.32 Å². The molecule has 8 nitrogen and oxygen atoms in total. The third-order valence-corrected chi connectivity index (χ3v) is 3.73. The molecule has 4 aromatic rings. The van der Waals surface area contributed by atoms with E-state index in [9.17, 15) is 9.18 Å². The van der Waals surface area contributed by atoms with E-state index >= 15 is 0 Å². The summed E-state index contributed by atoms with van der Waals surface area (Å²) in [5.74, 6) is -0.130. The number of amides is 1. The number of aromatic amines is 1. The Morgan fingerprint density at radius 3 is 2.84 bits per heavy atom. The van der Waals surface area contributed by atoms with Gasteiger partial charge >= 0.3 is 0 Å². The highest BCUT2D eigenvalue weighted by Gasteiger charge is 2.18. The van der Waals surface area contributed by atoms with E-state index in [-0.39, 0.29) is 18.1 Å². The van der Waals surface area contributed by atoms with Crippen molar-refractivity contribution >= 4 is 22.8 Å². The van der Waals surface area contributed by atoms with Crippen molar-refractivity contribution in [2.45, 2.75) is 13.3 Å². The molecule has 0 saturated carbocycles. The number of aromatic nitrogens is 5. The molecule has 4 rings (SSSR count). The number of carbonyl (C=O) groups excluding carboxylic acids is 1. The van der Waals surface area contributed by atoms with E-state index in [1.165, 1.54) is 18.4 Å². The van der Waals surface area contributed by atoms with Crippen LogP contribution in [-0.4, -0.2) is 31.0 Å². The fourth-order valence-electron chi connectivity index (χ4n) is 2.61. The highest BCUT2D eigenvalue weighted by molar-refractivity contribution is 6.00. The number of nitrogens with one attached hydrogen (secondary N) is 2. The molecule has 3 heterocycles. The average molecular weight is 340 g/mol. The zero-order valence-corrected chi connectivity index (χ0v) is 13.2. The van der Waals surface area contributed by atoms with Gasteiger partial charge in [0.2, 0.25) is 5.91 Å². The van der Waals surface area contributed by atoms with E-state index in [4.69, 9.17) is 4.52 Å². The molecule has 0 bridgehead atoms. The van der Waals surface area contributed by atoms with Crippen LogP contribution in [-0.2, 0) is 11.2 Å². The lowest BCUT2D eigenvalue weighted by molar-refractivity contribution is -0.115. The molecule has 0 fully saturated rings. The minimum absolute atomic E-state index is 0.0855. The molecule has 1 aromatic carbocycles. The number of anilines is 1. The van der Waals surface area contributed by atoms with Gasteiger partial charge in [-0.15, -0.1) is 0 Å². The maximum atomic E-state index is 13.1. The molecule has 0 aliphatic carbocycles. The van der Waals surface area contributed by atoms with Gasteiger partial charge in [0.25, 0.3) is 0 Å². The Morgan fingerprint density at radius 1 is 1.32 bits per heavy atom. The largest absolute Gasteiger partial charge is 0.364 e. The quantitative estimate of drug-likeness (QED) is 0.594. The molecule has 0 saturated heterocycles. The maximum absolute atomic E-state index is 13.1. The van der Waals surface area contributed by atoms with Gasteiger partial charge in [0.15, 0.2) is 5.65 Å². The summed E-state index contributed by atoms with van der Waals surface area (Å²) < 4.78 is 19.4. The Balaban J connectivity index is 1.65. The first-order valence-corrected chi connectivity index (χ1v) is 7.50. The molecule has 0 radical (unpaired) electrons. The third-order valence-electron chi connectivity index (χ3n) is 3.73. The van der Waals surface area contributed by atoms with Crippen LogP contribution >= 0.6 is 0 Å². The molecule has 9 heteroatoms. The van der Waals surface area contributed by atoms with Gasteiger partial charge in [-0.3, -0.25) is 9.89 Å². The highest BCUT2D eigenvalue weighted by Crippen LogP contribution is 2.26. The molecule has 0 aliphatic rings. The van der Waals surface area contributed by atoms with E-state index in [0.717, 1.165) is 0 Å². The van der Waals surface area contributed by atoms with Crippen LogP contribution in [0, 0.1) is 12.7 Å². The van der Waals surface area contributed by atoms with Crippen molar-refractivity contribution in [1.82, 2.24) is 25.1 Å². The van der Waals surface area contributed by atoms with E-state index < -0.39 is 0 Å². The first-order valence-electron chi connectivity index (χ1n) is 7.50. The van der Waals surface area contributed by atoms with E-state index in [2.05, 4.69) is 25.8 Å². The second-order valence-electron chi connectivity index (χ2n) is 5.49. The van der Waals surface area contributed by atoms with Gasteiger partial charge in [-0.25, -0.2) is 9.07 Å². The Labute approximate surface area is 140 Å². The minimum atomic E-state index is -0.327. The number of benzene rings is 1. The number of fused-ring (bicyclic) bond motifs is 1. The summed E-state index contributed by atoms with van der Waals surface area (Å²) in [7, 11) is 0. The van der Waals surface area contributed by atoms with Crippen molar-refractivity contribution in [1.29, 1.82) is 0 Å². The van der Waals surface area contributed by atoms with Crippen molar-refractivity contribution < 1.29 is 13.7 Å². The smallest absolute Gasteiger partial charge is 0.231 e. The summed E-state index contributed by atoms with van der Waals surface area (Å²) in [6.45, 7) is 1.81. The van der Waals surface area contributed by atoms with Crippen LogP contribution in [0.1, 0.15) is 11.4 Å². The molecule has 126 valence electrons. The lowest BCUT2D eigenvalue weighted by atomic mass is 10.2. The number of halogens is 1. The third kappa shape index (κ3) is 2.75. The van der Waals surface area contributed by atoms with Crippen molar-refractivity contribution in [3.05, 3.63) is 53.8 Å². The number of H-pyrrole nitrogens is 1.